The van der Waals surface area contributed by atoms with Gasteiger partial charge in [-0.25, -0.2) is 0 Å². The van der Waals surface area contributed by atoms with E-state index in [-0.39, 0.29) is 12.3 Å². The van der Waals surface area contributed by atoms with Crippen LogP contribution in [0.15, 0.2) is 12.1 Å². The van der Waals surface area contributed by atoms with Gasteiger partial charge in [0, 0.05) is 12.1 Å². The molecule has 1 unspecified atom stereocenters. The van der Waals surface area contributed by atoms with E-state index >= 15 is 0 Å². The molecule has 4 nitrogen and oxygen atoms in total. The molecular formula is C10H15NO3. The molecule has 1 rings (SSSR count). The molecule has 0 aromatic heterocycles. The highest BCUT2D eigenvalue weighted by molar-refractivity contribution is 5.46. The number of phenolic OH excluding ortho intramolecular Hbond substituents is 1. The number of aryl methyl sites for hydroxylation is 1. The van der Waals surface area contributed by atoms with Crippen molar-refractivity contribution in [2.75, 3.05) is 13.7 Å². The highest BCUT2D eigenvalue weighted by Crippen LogP contribution is 2.31. The Bertz CT molecular complexity index is 325. The molecule has 0 saturated carbocycles. The van der Waals surface area contributed by atoms with Gasteiger partial charge in [0.25, 0.3) is 0 Å². The second-order valence-corrected chi connectivity index (χ2v) is 3.13. The van der Waals surface area contributed by atoms with Gasteiger partial charge >= 0.3 is 0 Å². The van der Waals surface area contributed by atoms with Crippen LogP contribution < -0.4 is 10.5 Å². The standard InChI is InChI=1S/C10H15NO3/c1-6-3-8(12)7(9(13)5-11)4-10(6)14-2/h3-4,9,12-13H,5,11H2,1-2H3. The number of methoxy groups -OCH3 is 1. The zero-order valence-electron chi connectivity index (χ0n) is 8.32. The maximum Gasteiger partial charge on any atom is 0.122 e. The Morgan fingerprint density at radius 1 is 1.50 bits per heavy atom. The predicted octanol–water partition coefficient (Wildman–Crippen LogP) is 0.701. The van der Waals surface area contributed by atoms with Crippen molar-refractivity contribution in [2.24, 2.45) is 5.73 Å². The summed E-state index contributed by atoms with van der Waals surface area (Å²) < 4.78 is 5.07. The quantitative estimate of drug-likeness (QED) is 0.666. The molecule has 78 valence electrons. The van der Waals surface area contributed by atoms with Gasteiger partial charge in [-0.1, -0.05) is 0 Å². The monoisotopic (exact) mass is 197 g/mol. The maximum atomic E-state index is 9.54. The molecule has 1 atom stereocenters. The van der Waals surface area contributed by atoms with E-state index in [2.05, 4.69) is 0 Å². The van der Waals surface area contributed by atoms with Gasteiger partial charge in [0.1, 0.15) is 11.5 Å². The Hall–Kier alpha value is -1.26. The molecule has 0 aliphatic carbocycles. The van der Waals surface area contributed by atoms with Crippen LogP contribution in [0, 0.1) is 6.92 Å². The molecule has 0 fully saturated rings. The van der Waals surface area contributed by atoms with Gasteiger partial charge in [0.05, 0.1) is 13.2 Å². The number of nitrogens with two attached hydrogens (primary N) is 1. The van der Waals surface area contributed by atoms with Crippen LogP contribution in [-0.4, -0.2) is 23.9 Å². The van der Waals surface area contributed by atoms with Crippen LogP contribution in [0.3, 0.4) is 0 Å². The molecule has 0 heterocycles. The number of aromatic hydroxyl groups is 1. The number of phenols is 1. The van der Waals surface area contributed by atoms with Crippen molar-refractivity contribution in [2.45, 2.75) is 13.0 Å². The fourth-order valence-corrected chi connectivity index (χ4v) is 1.30. The molecule has 1 aromatic rings. The topological polar surface area (TPSA) is 75.7 Å². The molecule has 0 aliphatic rings. The zero-order valence-corrected chi connectivity index (χ0v) is 8.32. The summed E-state index contributed by atoms with van der Waals surface area (Å²) >= 11 is 0. The number of benzene rings is 1. The lowest BCUT2D eigenvalue weighted by Gasteiger charge is -2.13. The van der Waals surface area contributed by atoms with E-state index in [1.165, 1.54) is 7.11 Å². The van der Waals surface area contributed by atoms with Crippen molar-refractivity contribution in [3.63, 3.8) is 0 Å². The van der Waals surface area contributed by atoms with Crippen molar-refractivity contribution in [1.29, 1.82) is 0 Å². The van der Waals surface area contributed by atoms with Crippen LogP contribution in [0.5, 0.6) is 11.5 Å². The third-order valence-electron chi connectivity index (χ3n) is 2.13. The van der Waals surface area contributed by atoms with E-state index in [0.717, 1.165) is 5.56 Å². The number of hydrogen-bond donors (Lipinski definition) is 3. The average Bonchev–Trinajstić information content (AvgIpc) is 2.17. The lowest BCUT2D eigenvalue weighted by molar-refractivity contribution is 0.182. The Kier molecular flexibility index (Phi) is 3.33. The summed E-state index contributed by atoms with van der Waals surface area (Å²) in [5.41, 5.74) is 6.52. The van der Waals surface area contributed by atoms with Crippen LogP contribution in [0.4, 0.5) is 0 Å². The lowest BCUT2D eigenvalue weighted by atomic mass is 10.0. The SMILES string of the molecule is COc1cc(C(O)CN)c(O)cc1C. The Labute approximate surface area is 82.9 Å². The minimum Gasteiger partial charge on any atom is -0.508 e. The van der Waals surface area contributed by atoms with E-state index < -0.39 is 6.10 Å². The number of hydrogen-bond acceptors (Lipinski definition) is 4. The van der Waals surface area contributed by atoms with Gasteiger partial charge in [0.15, 0.2) is 0 Å². The predicted molar refractivity (Wildman–Crippen MR) is 53.4 cm³/mol. The van der Waals surface area contributed by atoms with Crippen LogP contribution in [0.1, 0.15) is 17.2 Å². The molecule has 0 aliphatic heterocycles. The third kappa shape index (κ3) is 1.97. The second kappa shape index (κ2) is 4.30. The summed E-state index contributed by atoms with van der Waals surface area (Å²) in [5, 5.41) is 19.0. The smallest absolute Gasteiger partial charge is 0.122 e. The second-order valence-electron chi connectivity index (χ2n) is 3.13. The van der Waals surface area contributed by atoms with Crippen molar-refractivity contribution in [3.05, 3.63) is 23.3 Å². The molecule has 0 radical (unpaired) electrons. The first kappa shape index (κ1) is 10.8. The maximum absolute atomic E-state index is 9.54. The number of ether oxygens (including phenoxy) is 1. The zero-order chi connectivity index (χ0) is 10.7. The first-order valence-corrected chi connectivity index (χ1v) is 4.35. The summed E-state index contributed by atoms with van der Waals surface area (Å²) in [6, 6.07) is 3.15. The van der Waals surface area contributed by atoms with Gasteiger partial charge in [-0.05, 0) is 24.6 Å². The third-order valence-corrected chi connectivity index (χ3v) is 2.13. The lowest BCUT2D eigenvalue weighted by Crippen LogP contribution is -2.11. The minimum atomic E-state index is -0.857. The van der Waals surface area contributed by atoms with Gasteiger partial charge in [-0.15, -0.1) is 0 Å². The molecule has 0 spiro atoms. The molecule has 0 bridgehead atoms. The van der Waals surface area contributed by atoms with Gasteiger partial charge in [0.2, 0.25) is 0 Å². The number of aliphatic hydroxyl groups excluding tert-OH is 1. The minimum absolute atomic E-state index is 0.0428. The fraction of sp³-hybridized carbons (Fsp3) is 0.400. The molecule has 1 aromatic carbocycles. The summed E-state index contributed by atoms with van der Waals surface area (Å²) in [4.78, 5) is 0. The number of aliphatic hydroxyl groups is 1. The van der Waals surface area contributed by atoms with E-state index in [9.17, 15) is 10.2 Å². The molecule has 0 saturated heterocycles. The van der Waals surface area contributed by atoms with E-state index in [1.54, 1.807) is 12.1 Å². The highest BCUT2D eigenvalue weighted by atomic mass is 16.5. The highest BCUT2D eigenvalue weighted by Gasteiger charge is 2.13. The van der Waals surface area contributed by atoms with Crippen molar-refractivity contribution in [1.82, 2.24) is 0 Å². The van der Waals surface area contributed by atoms with Crippen molar-refractivity contribution in [3.8, 4) is 11.5 Å². The van der Waals surface area contributed by atoms with Crippen molar-refractivity contribution < 1.29 is 14.9 Å². The van der Waals surface area contributed by atoms with Crippen LogP contribution in [0.25, 0.3) is 0 Å². The Balaban J connectivity index is 3.17. The van der Waals surface area contributed by atoms with Gasteiger partial charge in [-0.2, -0.15) is 0 Å². The molecule has 4 heteroatoms. The molecule has 0 amide bonds. The largest absolute Gasteiger partial charge is 0.508 e. The summed E-state index contributed by atoms with van der Waals surface area (Å²) in [7, 11) is 1.54. The molecule has 14 heavy (non-hydrogen) atoms. The average molecular weight is 197 g/mol. The summed E-state index contributed by atoms with van der Waals surface area (Å²) in [6.45, 7) is 1.89. The van der Waals surface area contributed by atoms with Gasteiger partial charge < -0.3 is 20.7 Å². The first-order chi connectivity index (χ1) is 6.60. The Morgan fingerprint density at radius 3 is 2.64 bits per heavy atom. The Morgan fingerprint density at radius 2 is 2.14 bits per heavy atom. The van der Waals surface area contributed by atoms with E-state index in [1.807, 2.05) is 6.92 Å². The molecular weight excluding hydrogens is 182 g/mol. The van der Waals surface area contributed by atoms with Crippen molar-refractivity contribution >= 4 is 0 Å². The van der Waals surface area contributed by atoms with E-state index in [0.29, 0.717) is 11.3 Å². The van der Waals surface area contributed by atoms with Crippen LogP contribution >= 0.6 is 0 Å². The van der Waals surface area contributed by atoms with Crippen LogP contribution in [0.2, 0.25) is 0 Å². The van der Waals surface area contributed by atoms with Gasteiger partial charge in [-0.3, -0.25) is 0 Å². The summed E-state index contributed by atoms with van der Waals surface area (Å²) in [6.07, 6.45) is -0.857. The first-order valence-electron chi connectivity index (χ1n) is 4.35. The summed E-state index contributed by atoms with van der Waals surface area (Å²) in [5.74, 6) is 0.673. The number of rotatable bonds is 3. The molecule has 4 N–H and O–H groups in total. The normalized spacial score (nSPS) is 12.6. The fourth-order valence-electron chi connectivity index (χ4n) is 1.30. The van der Waals surface area contributed by atoms with E-state index in [4.69, 9.17) is 10.5 Å². The van der Waals surface area contributed by atoms with Crippen LogP contribution in [-0.2, 0) is 0 Å².